The highest BCUT2D eigenvalue weighted by Crippen LogP contribution is 2.67. The molecule has 0 aromatic carbocycles. The van der Waals surface area contributed by atoms with Crippen LogP contribution in [0.25, 0.3) is 0 Å². The molecule has 3 fully saturated rings. The van der Waals surface area contributed by atoms with Crippen LogP contribution in [0.5, 0.6) is 0 Å². The first kappa shape index (κ1) is 30.1. The lowest BCUT2D eigenvalue weighted by Crippen LogP contribution is -2.61. The smallest absolute Gasteiger partial charge is 0.328 e. The van der Waals surface area contributed by atoms with Crippen molar-refractivity contribution in [2.75, 3.05) is 6.61 Å². The molecule has 1 amide bonds. The van der Waals surface area contributed by atoms with Gasteiger partial charge in [0.05, 0.1) is 18.6 Å². The van der Waals surface area contributed by atoms with E-state index in [-0.39, 0.29) is 36.4 Å². The van der Waals surface area contributed by atoms with Crippen molar-refractivity contribution >= 4 is 29.4 Å². The Morgan fingerprint density at radius 1 is 1.18 bits per heavy atom. The Balaban J connectivity index is 1.38. The molecule has 4 aliphatic rings. The van der Waals surface area contributed by atoms with Crippen molar-refractivity contribution in [1.29, 1.82) is 0 Å². The summed E-state index contributed by atoms with van der Waals surface area (Å²) in [6.45, 7) is 4.39. The van der Waals surface area contributed by atoms with Crippen LogP contribution in [0.4, 0.5) is 0 Å². The van der Waals surface area contributed by atoms with Gasteiger partial charge in [0.25, 0.3) is 0 Å². The maximum Gasteiger partial charge on any atom is 0.328 e. The van der Waals surface area contributed by atoms with Crippen molar-refractivity contribution in [2.24, 2.45) is 28.6 Å². The monoisotopic (exact) mass is 561 g/mol. The van der Waals surface area contributed by atoms with Gasteiger partial charge in [-0.1, -0.05) is 25.5 Å². The third-order valence-electron chi connectivity index (χ3n) is 10.1. The quantitative estimate of drug-likeness (QED) is 0.252. The highest BCUT2D eigenvalue weighted by Gasteiger charge is 2.68. The minimum absolute atomic E-state index is 0.0351. The van der Waals surface area contributed by atoms with Crippen LogP contribution in [-0.4, -0.2) is 80.3 Å². The summed E-state index contributed by atoms with van der Waals surface area (Å²) in [5.74, 6) is -3.93. The van der Waals surface area contributed by atoms with Crippen LogP contribution in [0.15, 0.2) is 23.8 Å². The number of amides is 1. The van der Waals surface area contributed by atoms with Gasteiger partial charge in [0.1, 0.15) is 5.60 Å². The van der Waals surface area contributed by atoms with Crippen LogP contribution in [0.2, 0.25) is 0 Å². The summed E-state index contributed by atoms with van der Waals surface area (Å²) in [7, 11) is 0. The van der Waals surface area contributed by atoms with Gasteiger partial charge in [-0.15, -0.1) is 0 Å². The van der Waals surface area contributed by atoms with E-state index in [1.807, 2.05) is 19.9 Å². The molecule has 0 saturated heterocycles. The molecule has 40 heavy (non-hydrogen) atoms. The molecule has 0 heterocycles. The Morgan fingerprint density at radius 2 is 1.88 bits per heavy atom. The molecule has 9 atom stereocenters. The van der Waals surface area contributed by atoms with Crippen LogP contribution < -0.4 is 5.32 Å². The minimum atomic E-state index is -1.80. The van der Waals surface area contributed by atoms with Gasteiger partial charge in [-0.05, 0) is 63.0 Å². The Hall–Kier alpha value is -2.89. The predicted molar refractivity (Wildman–Crippen MR) is 139 cm³/mol. The fourth-order valence-electron chi connectivity index (χ4n) is 7.98. The van der Waals surface area contributed by atoms with E-state index in [4.69, 9.17) is 9.84 Å². The first-order valence-corrected chi connectivity index (χ1v) is 13.9. The summed E-state index contributed by atoms with van der Waals surface area (Å²) in [4.78, 5) is 60.6. The summed E-state index contributed by atoms with van der Waals surface area (Å²) in [5.41, 5.74) is -2.19. The molecule has 11 heteroatoms. The van der Waals surface area contributed by atoms with E-state index in [0.717, 1.165) is 12.0 Å². The third kappa shape index (κ3) is 5.03. The lowest BCUT2D eigenvalue weighted by Gasteiger charge is -2.59. The highest BCUT2D eigenvalue weighted by molar-refractivity contribution is 6.01. The molecule has 0 aromatic rings. The standard InChI is InChI=1S/C29H39NO10/c1-15(31)25(26(37)38)30-22(35)6-7-23(36)40-14-21(34)29(39)11-9-19-18-5-4-16-12-17(32)8-10-27(16,2)24(18)20(33)13-28(19,29)3/h8,10,12,15,18-20,24-25,31,33,39H,4-7,9,11,13-14H2,1-3H3,(H,30,35)(H,37,38)/t15-,18-,19+,20+,24+,25-,27-,28-,29-/m0/s1. The first-order valence-electron chi connectivity index (χ1n) is 13.9. The number of aliphatic hydroxyl groups excluding tert-OH is 2. The number of Topliss-reactive ketones (excluding diaryl/α,β-unsaturated/α-hetero) is 1. The molecular formula is C29H39NO10. The van der Waals surface area contributed by atoms with E-state index < -0.39 is 77.8 Å². The molecule has 3 saturated carbocycles. The van der Waals surface area contributed by atoms with Crippen LogP contribution >= 0.6 is 0 Å². The summed E-state index contributed by atoms with van der Waals surface area (Å²) in [6, 6.07) is -1.52. The highest BCUT2D eigenvalue weighted by atomic mass is 16.5. The van der Waals surface area contributed by atoms with Gasteiger partial charge in [-0.2, -0.15) is 0 Å². The molecule has 0 bridgehead atoms. The van der Waals surface area contributed by atoms with Crippen LogP contribution in [-0.2, 0) is 28.7 Å². The summed E-state index contributed by atoms with van der Waals surface area (Å²) in [6.07, 6.45) is 4.52. The minimum Gasteiger partial charge on any atom is -0.480 e. The second-order valence-electron chi connectivity index (χ2n) is 12.3. The number of allylic oxidation sites excluding steroid dienone is 4. The maximum absolute atomic E-state index is 13.3. The molecule has 0 aromatic heterocycles. The molecule has 4 aliphatic carbocycles. The molecule has 0 radical (unpaired) electrons. The number of carboxylic acid groups (broad SMARTS) is 1. The fraction of sp³-hybridized carbons (Fsp3) is 0.690. The molecule has 5 N–H and O–H groups in total. The van der Waals surface area contributed by atoms with Gasteiger partial charge in [0.15, 0.2) is 18.4 Å². The summed E-state index contributed by atoms with van der Waals surface area (Å²) < 4.78 is 5.08. The fourth-order valence-corrected chi connectivity index (χ4v) is 7.98. The number of ketones is 2. The number of esters is 1. The number of aliphatic hydroxyl groups is 3. The SMILES string of the molecule is C[C@H](O)[C@H](NC(=O)CCC(=O)OCC(=O)[C@@]1(O)CC[C@@H]2[C@@H]3CCC4=CC(=O)C=C[C@]4(C)[C@H]3[C@H](O)C[C@@]21C)C(=O)O. The summed E-state index contributed by atoms with van der Waals surface area (Å²) in [5, 5.41) is 43.8. The second-order valence-corrected chi connectivity index (χ2v) is 12.3. The molecule has 0 spiro atoms. The number of rotatable bonds is 9. The van der Waals surface area contributed by atoms with E-state index in [9.17, 15) is 39.3 Å². The van der Waals surface area contributed by atoms with Crippen molar-refractivity contribution < 1.29 is 49.1 Å². The van der Waals surface area contributed by atoms with Crippen LogP contribution in [0, 0.1) is 28.6 Å². The average molecular weight is 562 g/mol. The van der Waals surface area contributed by atoms with Gasteiger partial charge >= 0.3 is 11.9 Å². The Bertz CT molecular complexity index is 1160. The van der Waals surface area contributed by atoms with Crippen molar-refractivity contribution in [1.82, 2.24) is 5.32 Å². The number of hydrogen-bond acceptors (Lipinski definition) is 9. The second kappa shape index (κ2) is 10.8. The van der Waals surface area contributed by atoms with Crippen molar-refractivity contribution in [3.63, 3.8) is 0 Å². The molecule has 0 unspecified atom stereocenters. The number of carboxylic acids is 1. The molecular weight excluding hydrogens is 522 g/mol. The lowest BCUT2D eigenvalue weighted by molar-refractivity contribution is -0.181. The van der Waals surface area contributed by atoms with E-state index in [0.29, 0.717) is 12.8 Å². The number of carbonyl (C=O) groups excluding carboxylic acids is 4. The zero-order valence-electron chi connectivity index (χ0n) is 23.1. The molecule has 220 valence electrons. The number of aliphatic carboxylic acids is 1. The number of nitrogens with one attached hydrogen (secondary N) is 1. The third-order valence-corrected chi connectivity index (χ3v) is 10.1. The zero-order valence-corrected chi connectivity index (χ0v) is 23.1. The normalized spacial score (nSPS) is 37.8. The van der Waals surface area contributed by atoms with Crippen molar-refractivity contribution in [3.8, 4) is 0 Å². The topological polar surface area (TPSA) is 188 Å². The van der Waals surface area contributed by atoms with Crippen LogP contribution in [0.3, 0.4) is 0 Å². The Kier molecular flexibility index (Phi) is 8.14. The van der Waals surface area contributed by atoms with E-state index in [1.54, 1.807) is 12.2 Å². The average Bonchev–Trinajstić information content (AvgIpc) is 3.15. The molecule has 0 aliphatic heterocycles. The van der Waals surface area contributed by atoms with Gasteiger partial charge in [-0.3, -0.25) is 19.2 Å². The zero-order chi connectivity index (χ0) is 29.6. The van der Waals surface area contributed by atoms with Crippen molar-refractivity contribution in [3.05, 3.63) is 23.8 Å². The van der Waals surface area contributed by atoms with Gasteiger partial charge < -0.3 is 30.5 Å². The van der Waals surface area contributed by atoms with E-state index >= 15 is 0 Å². The first-order chi connectivity index (χ1) is 18.6. The van der Waals surface area contributed by atoms with E-state index in [1.165, 1.54) is 6.92 Å². The Morgan fingerprint density at radius 3 is 2.52 bits per heavy atom. The summed E-state index contributed by atoms with van der Waals surface area (Å²) >= 11 is 0. The Labute approximate surface area is 232 Å². The molecule has 4 rings (SSSR count). The van der Waals surface area contributed by atoms with E-state index in [2.05, 4.69) is 5.32 Å². The van der Waals surface area contributed by atoms with Gasteiger partial charge in [0, 0.05) is 23.2 Å². The number of carbonyl (C=O) groups is 5. The van der Waals surface area contributed by atoms with Gasteiger partial charge in [0.2, 0.25) is 11.7 Å². The maximum atomic E-state index is 13.3. The molecule has 11 nitrogen and oxygen atoms in total. The largest absolute Gasteiger partial charge is 0.480 e. The predicted octanol–water partition coefficient (Wildman–Crippen LogP) is 0.839. The number of hydrogen-bond donors (Lipinski definition) is 5. The number of ether oxygens (including phenoxy) is 1. The van der Waals surface area contributed by atoms with Crippen molar-refractivity contribution in [2.45, 2.75) is 89.6 Å². The van der Waals surface area contributed by atoms with Gasteiger partial charge in [-0.25, -0.2) is 4.79 Å². The number of fused-ring (bicyclic) bond motifs is 5. The lowest BCUT2D eigenvalue weighted by atomic mass is 9.46. The van der Waals surface area contributed by atoms with Crippen LogP contribution in [0.1, 0.15) is 65.7 Å².